The van der Waals surface area contributed by atoms with Gasteiger partial charge >= 0.3 is 12.1 Å². The zero-order valence-corrected chi connectivity index (χ0v) is 14.4. The van der Waals surface area contributed by atoms with Crippen LogP contribution in [0, 0.1) is 5.92 Å². The van der Waals surface area contributed by atoms with E-state index in [2.05, 4.69) is 4.90 Å². The molecule has 26 heavy (non-hydrogen) atoms. The van der Waals surface area contributed by atoms with E-state index in [0.29, 0.717) is 32.5 Å². The molecule has 1 N–H and O–H groups in total. The summed E-state index contributed by atoms with van der Waals surface area (Å²) in [6, 6.07) is 5.09. The Kier molecular flexibility index (Phi) is 4.72. The summed E-state index contributed by atoms with van der Waals surface area (Å²) in [6.45, 7) is 1.70. The molecule has 0 aromatic heterocycles. The number of amides is 1. The van der Waals surface area contributed by atoms with Gasteiger partial charge in [0.05, 0.1) is 17.0 Å². The second-order valence-corrected chi connectivity index (χ2v) is 7.12. The van der Waals surface area contributed by atoms with E-state index in [1.54, 1.807) is 11.9 Å². The lowest BCUT2D eigenvalue weighted by molar-refractivity contribution is -0.146. The van der Waals surface area contributed by atoms with Crippen LogP contribution in [0.3, 0.4) is 0 Å². The molecule has 142 valence electrons. The minimum atomic E-state index is -4.35. The number of hydrogen-bond acceptors (Lipinski definition) is 3. The van der Waals surface area contributed by atoms with E-state index >= 15 is 0 Å². The third-order valence-electron chi connectivity index (χ3n) is 5.78. The van der Waals surface area contributed by atoms with Crippen molar-refractivity contribution in [1.82, 2.24) is 9.80 Å². The largest absolute Gasteiger partial charge is 0.481 e. The van der Waals surface area contributed by atoms with Crippen LogP contribution in [0.1, 0.15) is 30.4 Å². The monoisotopic (exact) mass is 370 g/mol. The number of carboxylic acid groups (broad SMARTS) is 1. The Labute approximate surface area is 149 Å². The number of alkyl halides is 3. The fourth-order valence-electron chi connectivity index (χ4n) is 4.14. The highest BCUT2D eigenvalue weighted by Gasteiger charge is 2.55. The zero-order chi connectivity index (χ0) is 19.1. The van der Waals surface area contributed by atoms with Crippen molar-refractivity contribution >= 4 is 11.9 Å². The molecule has 2 aliphatic heterocycles. The Morgan fingerprint density at radius 2 is 1.81 bits per heavy atom. The predicted molar refractivity (Wildman–Crippen MR) is 87.2 cm³/mol. The average molecular weight is 370 g/mol. The first kappa shape index (κ1) is 18.7. The highest BCUT2D eigenvalue weighted by Crippen LogP contribution is 2.43. The standard InChI is InChI=1S/C18H21F3N2O3/c1-22-15(24)10-14(16(25)26)17(22)6-8-23(9-7-17)11-12-2-4-13(5-3-12)18(19,20)21/h2-5,14H,6-11H2,1H3,(H,25,26)/t14-/m0/s1. The summed E-state index contributed by atoms with van der Waals surface area (Å²) < 4.78 is 37.9. The van der Waals surface area contributed by atoms with Crippen LogP contribution in [0.4, 0.5) is 13.2 Å². The van der Waals surface area contributed by atoms with Gasteiger partial charge in [-0.25, -0.2) is 0 Å². The second-order valence-electron chi connectivity index (χ2n) is 7.12. The molecule has 2 saturated heterocycles. The Morgan fingerprint density at radius 3 is 2.31 bits per heavy atom. The first-order valence-electron chi connectivity index (χ1n) is 8.51. The summed E-state index contributed by atoms with van der Waals surface area (Å²) in [5, 5.41) is 9.47. The van der Waals surface area contributed by atoms with Crippen LogP contribution in [0.15, 0.2) is 24.3 Å². The van der Waals surface area contributed by atoms with Gasteiger partial charge in [-0.1, -0.05) is 12.1 Å². The van der Waals surface area contributed by atoms with Gasteiger partial charge in [-0.2, -0.15) is 13.2 Å². The Hall–Kier alpha value is -2.09. The van der Waals surface area contributed by atoms with E-state index in [-0.39, 0.29) is 12.3 Å². The molecule has 2 fully saturated rings. The lowest BCUT2D eigenvalue weighted by Gasteiger charge is -2.45. The number of hydrogen-bond donors (Lipinski definition) is 1. The van der Waals surface area contributed by atoms with E-state index in [9.17, 15) is 27.9 Å². The molecule has 0 aliphatic carbocycles. The highest BCUT2D eigenvalue weighted by atomic mass is 19.4. The van der Waals surface area contributed by atoms with Crippen molar-refractivity contribution in [3.63, 3.8) is 0 Å². The zero-order valence-electron chi connectivity index (χ0n) is 14.4. The fourth-order valence-corrected chi connectivity index (χ4v) is 4.14. The van der Waals surface area contributed by atoms with Crippen LogP contribution in [-0.2, 0) is 22.3 Å². The van der Waals surface area contributed by atoms with Gasteiger partial charge in [0.25, 0.3) is 0 Å². The fraction of sp³-hybridized carbons (Fsp3) is 0.556. The molecule has 1 amide bonds. The number of nitrogens with zero attached hydrogens (tertiary/aromatic N) is 2. The Bertz CT molecular complexity index is 695. The van der Waals surface area contributed by atoms with Gasteiger partial charge in [-0.3, -0.25) is 14.5 Å². The van der Waals surface area contributed by atoms with Gasteiger partial charge in [0, 0.05) is 33.1 Å². The molecule has 1 spiro atoms. The number of piperidine rings is 1. The third-order valence-corrected chi connectivity index (χ3v) is 5.78. The number of benzene rings is 1. The molecular formula is C18H21F3N2O3. The van der Waals surface area contributed by atoms with Crippen molar-refractivity contribution in [3.05, 3.63) is 35.4 Å². The van der Waals surface area contributed by atoms with E-state index in [0.717, 1.165) is 17.7 Å². The van der Waals surface area contributed by atoms with Crippen molar-refractivity contribution in [2.75, 3.05) is 20.1 Å². The van der Waals surface area contributed by atoms with Crippen LogP contribution in [0.25, 0.3) is 0 Å². The first-order chi connectivity index (χ1) is 12.1. The van der Waals surface area contributed by atoms with E-state index < -0.39 is 29.2 Å². The van der Waals surface area contributed by atoms with Crippen LogP contribution in [0.2, 0.25) is 0 Å². The molecule has 1 atom stereocenters. The van der Waals surface area contributed by atoms with Crippen molar-refractivity contribution in [3.8, 4) is 0 Å². The summed E-state index contributed by atoms with van der Waals surface area (Å²) in [4.78, 5) is 27.2. The number of carbonyl (C=O) groups is 2. The molecule has 0 unspecified atom stereocenters. The lowest BCUT2D eigenvalue weighted by atomic mass is 9.77. The molecule has 2 aliphatic rings. The van der Waals surface area contributed by atoms with Gasteiger partial charge in [-0.15, -0.1) is 0 Å². The SMILES string of the molecule is CN1C(=O)C[C@@H](C(=O)O)C12CCN(Cc1ccc(C(F)(F)F)cc1)CC2. The van der Waals surface area contributed by atoms with E-state index in [4.69, 9.17) is 0 Å². The van der Waals surface area contributed by atoms with Crippen molar-refractivity contribution in [2.24, 2.45) is 5.92 Å². The minimum Gasteiger partial charge on any atom is -0.481 e. The number of likely N-dealkylation sites (tertiary alicyclic amines) is 2. The minimum absolute atomic E-state index is 0.0325. The summed E-state index contributed by atoms with van der Waals surface area (Å²) in [7, 11) is 1.66. The van der Waals surface area contributed by atoms with Crippen molar-refractivity contribution in [2.45, 2.75) is 37.5 Å². The van der Waals surface area contributed by atoms with Gasteiger partial charge in [-0.05, 0) is 30.5 Å². The quantitative estimate of drug-likeness (QED) is 0.889. The molecular weight excluding hydrogens is 349 g/mol. The second kappa shape index (κ2) is 6.57. The van der Waals surface area contributed by atoms with Gasteiger partial charge in [0.2, 0.25) is 5.91 Å². The average Bonchev–Trinajstić information content (AvgIpc) is 2.82. The van der Waals surface area contributed by atoms with Crippen LogP contribution < -0.4 is 0 Å². The molecule has 0 bridgehead atoms. The van der Waals surface area contributed by atoms with Crippen LogP contribution in [0.5, 0.6) is 0 Å². The topological polar surface area (TPSA) is 60.9 Å². The van der Waals surface area contributed by atoms with Crippen molar-refractivity contribution in [1.29, 1.82) is 0 Å². The Morgan fingerprint density at radius 1 is 1.23 bits per heavy atom. The van der Waals surface area contributed by atoms with Crippen molar-refractivity contribution < 1.29 is 27.9 Å². The number of halogens is 3. The molecule has 8 heteroatoms. The summed E-state index contributed by atoms with van der Waals surface area (Å²) in [5.41, 5.74) is -0.548. The maximum atomic E-state index is 12.6. The smallest absolute Gasteiger partial charge is 0.416 e. The summed E-state index contributed by atoms with van der Waals surface area (Å²) in [6.07, 6.45) is -3.22. The van der Waals surface area contributed by atoms with E-state index in [1.165, 1.54) is 12.1 Å². The summed E-state index contributed by atoms with van der Waals surface area (Å²) >= 11 is 0. The normalized spacial score (nSPS) is 23.6. The van der Waals surface area contributed by atoms with E-state index in [1.807, 2.05) is 0 Å². The van der Waals surface area contributed by atoms with Crippen LogP contribution in [-0.4, -0.2) is 52.5 Å². The molecule has 0 saturated carbocycles. The van der Waals surface area contributed by atoms with Gasteiger partial charge in [0.15, 0.2) is 0 Å². The molecule has 1 aromatic carbocycles. The number of rotatable bonds is 3. The molecule has 2 heterocycles. The number of carboxylic acids is 1. The molecule has 3 rings (SSSR count). The lowest BCUT2D eigenvalue weighted by Crippen LogP contribution is -2.55. The maximum absolute atomic E-state index is 12.6. The molecule has 5 nitrogen and oxygen atoms in total. The number of carbonyl (C=O) groups excluding carboxylic acids is 1. The summed E-state index contributed by atoms with van der Waals surface area (Å²) in [5.74, 6) is -1.79. The maximum Gasteiger partial charge on any atom is 0.416 e. The van der Waals surface area contributed by atoms with Crippen LogP contribution >= 0.6 is 0 Å². The first-order valence-corrected chi connectivity index (χ1v) is 8.51. The predicted octanol–water partition coefficient (Wildman–Crippen LogP) is 2.60. The molecule has 0 radical (unpaired) electrons. The van der Waals surface area contributed by atoms with Gasteiger partial charge < -0.3 is 10.0 Å². The Balaban J connectivity index is 1.65. The van der Waals surface area contributed by atoms with Gasteiger partial charge in [0.1, 0.15) is 0 Å². The highest BCUT2D eigenvalue weighted by molar-refractivity contribution is 5.88. The molecule has 1 aromatic rings. The number of aliphatic carboxylic acids is 1. The third kappa shape index (κ3) is 3.30.